The summed E-state index contributed by atoms with van der Waals surface area (Å²) in [4.78, 5) is 11.5. The Morgan fingerprint density at radius 1 is 0.353 bits per heavy atom. The summed E-state index contributed by atoms with van der Waals surface area (Å²) < 4.78 is 0. The average molecular weight is 641 g/mol. The van der Waals surface area contributed by atoms with Crippen molar-refractivity contribution in [1.29, 1.82) is 0 Å². The number of para-hydroxylation sites is 3. The summed E-state index contributed by atoms with van der Waals surface area (Å²) in [5.41, 5.74) is 2.29. The number of pyridine rings is 3. The number of hydrogen-bond donors (Lipinski definition) is 0. The molecule has 0 saturated heterocycles. The minimum Gasteiger partial charge on any atom is -0.859 e. The predicted octanol–water partition coefficient (Wildman–Crippen LogP) is 3.54. The standard InChI is InChI=1S/3C9H7NO.Bi/c3*11-9-6-5-7-3-1-2-4-8(7)10-9;/h3*1-6H,(H,10,11);/q;;;+3/p-3. The monoisotopic (exact) mass is 641 g/mol. The molecule has 0 spiro atoms. The van der Waals surface area contributed by atoms with Crippen molar-refractivity contribution in [2.75, 3.05) is 0 Å². The van der Waals surface area contributed by atoms with Crippen molar-refractivity contribution in [3.63, 3.8) is 0 Å². The molecule has 3 heterocycles. The molecule has 164 valence electrons. The maximum atomic E-state index is 10.8. The van der Waals surface area contributed by atoms with Crippen molar-refractivity contribution in [3.05, 3.63) is 109 Å². The van der Waals surface area contributed by atoms with Crippen molar-refractivity contribution in [2.24, 2.45) is 0 Å². The molecule has 34 heavy (non-hydrogen) atoms. The largest absolute Gasteiger partial charge is 3.00 e. The van der Waals surface area contributed by atoms with E-state index in [0.717, 1.165) is 32.7 Å². The van der Waals surface area contributed by atoms with E-state index >= 15 is 0 Å². The Bertz CT molecular complexity index is 1340. The Morgan fingerprint density at radius 2 is 0.618 bits per heavy atom. The smallest absolute Gasteiger partial charge is 0.859 e. The molecule has 7 heteroatoms. The van der Waals surface area contributed by atoms with Crippen molar-refractivity contribution in [1.82, 2.24) is 15.0 Å². The van der Waals surface area contributed by atoms with Gasteiger partial charge in [-0.2, -0.15) is 0 Å². The summed E-state index contributed by atoms with van der Waals surface area (Å²) >= 11 is 0. The average Bonchev–Trinajstić information content (AvgIpc) is 2.84. The van der Waals surface area contributed by atoms with E-state index in [1.54, 1.807) is 18.2 Å². The van der Waals surface area contributed by atoms with Crippen LogP contribution in [0.3, 0.4) is 0 Å². The molecule has 0 aliphatic heterocycles. The summed E-state index contributed by atoms with van der Waals surface area (Å²) in [7, 11) is 0. The zero-order valence-corrected chi connectivity index (χ0v) is 21.4. The SMILES string of the molecule is [Bi+3].[O-]c1ccc2ccccc2n1.[O-]c1ccc2ccccc2n1.[O-]c1ccc2ccccc2n1. The first kappa shape index (κ1) is 24.8. The molecule has 0 N–H and O–H groups in total. The van der Waals surface area contributed by atoms with Gasteiger partial charge in [-0.25, -0.2) is 0 Å². The fourth-order valence-electron chi connectivity index (χ4n) is 3.14. The van der Waals surface area contributed by atoms with Gasteiger partial charge in [-0.3, -0.25) is 15.0 Å². The Balaban J connectivity index is 0.000000141. The number of fused-ring (bicyclic) bond motifs is 3. The predicted molar refractivity (Wildman–Crippen MR) is 129 cm³/mol. The molecule has 0 aliphatic rings. The fourth-order valence-corrected chi connectivity index (χ4v) is 3.14. The number of nitrogens with zero attached hydrogens (tertiary/aromatic N) is 3. The minimum absolute atomic E-state index is 0. The summed E-state index contributed by atoms with van der Waals surface area (Å²) in [5, 5.41) is 35.3. The number of hydrogen-bond acceptors (Lipinski definition) is 6. The maximum absolute atomic E-state index is 10.8. The Morgan fingerprint density at radius 3 is 0.912 bits per heavy atom. The third kappa shape index (κ3) is 6.59. The van der Waals surface area contributed by atoms with Crippen LogP contribution < -0.4 is 15.3 Å². The Kier molecular flexibility index (Phi) is 8.66. The molecule has 0 unspecified atom stereocenters. The van der Waals surface area contributed by atoms with E-state index in [0.29, 0.717) is 0 Å². The van der Waals surface area contributed by atoms with E-state index in [1.165, 1.54) is 18.2 Å². The molecule has 0 bridgehead atoms. The molecule has 0 amide bonds. The normalized spacial score (nSPS) is 9.88. The first-order valence-corrected chi connectivity index (χ1v) is 10.2. The van der Waals surface area contributed by atoms with Crippen LogP contribution in [0.1, 0.15) is 0 Å². The molecule has 0 saturated carbocycles. The zero-order valence-electron chi connectivity index (χ0n) is 17.9. The second-order valence-electron chi connectivity index (χ2n) is 7.03. The molecular weight excluding hydrogens is 623 g/mol. The second kappa shape index (κ2) is 11.9. The number of benzene rings is 3. The van der Waals surface area contributed by atoms with Crippen molar-refractivity contribution in [3.8, 4) is 17.6 Å². The van der Waals surface area contributed by atoms with Gasteiger partial charge in [-0.15, -0.1) is 0 Å². The summed E-state index contributed by atoms with van der Waals surface area (Å²) in [5.74, 6) is -0.531. The van der Waals surface area contributed by atoms with E-state index < -0.39 is 0 Å². The van der Waals surface area contributed by atoms with Gasteiger partial charge in [-0.05, 0) is 35.8 Å². The molecule has 0 aliphatic carbocycles. The third-order valence-electron chi connectivity index (χ3n) is 4.72. The van der Waals surface area contributed by atoms with Crippen LogP contribution in [0.4, 0.5) is 0 Å². The van der Waals surface area contributed by atoms with Gasteiger partial charge in [0.25, 0.3) is 0 Å². The van der Waals surface area contributed by atoms with E-state index in [9.17, 15) is 15.3 Å². The van der Waals surface area contributed by atoms with E-state index in [-0.39, 0.29) is 43.8 Å². The van der Waals surface area contributed by atoms with Gasteiger partial charge in [0.05, 0.1) is 16.6 Å². The van der Waals surface area contributed by atoms with E-state index in [1.807, 2.05) is 72.8 Å². The van der Waals surface area contributed by atoms with Gasteiger partial charge in [0.1, 0.15) is 0 Å². The van der Waals surface area contributed by atoms with Crippen LogP contribution in [0.25, 0.3) is 32.7 Å². The summed E-state index contributed by atoms with van der Waals surface area (Å²) in [6.07, 6.45) is 0. The van der Waals surface area contributed by atoms with Crippen molar-refractivity contribution < 1.29 is 15.3 Å². The Hall–Kier alpha value is -3.83. The fraction of sp³-hybridized carbons (Fsp3) is 0. The van der Waals surface area contributed by atoms with E-state index in [4.69, 9.17) is 0 Å². The first-order chi connectivity index (χ1) is 16.1. The Labute approximate surface area is 215 Å². The van der Waals surface area contributed by atoms with Crippen molar-refractivity contribution >= 4 is 58.9 Å². The van der Waals surface area contributed by atoms with Crippen LogP contribution in [0.15, 0.2) is 109 Å². The topological polar surface area (TPSA) is 108 Å². The summed E-state index contributed by atoms with van der Waals surface area (Å²) in [6.45, 7) is 0. The molecule has 6 nitrogen and oxygen atoms in total. The molecule has 3 aromatic carbocycles. The molecule has 3 aromatic heterocycles. The van der Waals surface area contributed by atoms with Gasteiger partial charge in [0.2, 0.25) is 0 Å². The summed E-state index contributed by atoms with van der Waals surface area (Å²) in [6, 6.07) is 32.4. The molecule has 2 radical (unpaired) electrons. The van der Waals surface area contributed by atoms with Gasteiger partial charge in [-0.1, -0.05) is 91.0 Å². The van der Waals surface area contributed by atoms with Gasteiger partial charge in [0, 0.05) is 16.2 Å². The van der Waals surface area contributed by atoms with Crippen LogP contribution in [0, 0.1) is 0 Å². The number of aromatic nitrogens is 3. The molecular formula is C27H18BiN3O3. The van der Waals surface area contributed by atoms with Crippen molar-refractivity contribution in [2.45, 2.75) is 0 Å². The quantitative estimate of drug-likeness (QED) is 0.235. The van der Waals surface area contributed by atoms with Gasteiger partial charge < -0.3 is 15.3 Å². The van der Waals surface area contributed by atoms with Gasteiger partial charge in [0.15, 0.2) is 0 Å². The third-order valence-corrected chi connectivity index (χ3v) is 4.72. The van der Waals surface area contributed by atoms with Crippen LogP contribution in [-0.2, 0) is 0 Å². The molecule has 0 fully saturated rings. The van der Waals surface area contributed by atoms with Crippen LogP contribution in [0.2, 0.25) is 0 Å². The minimum atomic E-state index is -0.177. The van der Waals surface area contributed by atoms with Crippen LogP contribution >= 0.6 is 0 Å². The van der Waals surface area contributed by atoms with E-state index in [2.05, 4.69) is 15.0 Å². The second-order valence-corrected chi connectivity index (χ2v) is 7.03. The van der Waals surface area contributed by atoms with Gasteiger partial charge >= 0.3 is 26.2 Å². The van der Waals surface area contributed by atoms with Crippen LogP contribution in [-0.4, -0.2) is 41.2 Å². The maximum Gasteiger partial charge on any atom is 3.00 e. The zero-order chi connectivity index (χ0) is 23.0. The molecule has 6 aromatic rings. The molecule has 0 atom stereocenters. The van der Waals surface area contributed by atoms with Crippen LogP contribution in [0.5, 0.6) is 17.6 Å². The first-order valence-electron chi connectivity index (χ1n) is 10.2. The molecule has 6 rings (SSSR count). The number of rotatable bonds is 0.